The van der Waals surface area contributed by atoms with Crippen molar-refractivity contribution in [3.05, 3.63) is 41.2 Å². The fraction of sp³-hybridized carbons (Fsp3) is 0.471. The minimum absolute atomic E-state index is 0.114. The maximum atomic E-state index is 12.5. The van der Waals surface area contributed by atoms with Crippen molar-refractivity contribution in [2.75, 3.05) is 13.1 Å². The van der Waals surface area contributed by atoms with Gasteiger partial charge in [0.1, 0.15) is 18.1 Å². The summed E-state index contributed by atoms with van der Waals surface area (Å²) in [6.45, 7) is 6.28. The molecule has 1 aromatic carbocycles. The number of aromatic nitrogens is 2. The van der Waals surface area contributed by atoms with Crippen LogP contribution < -0.4 is 4.74 Å². The summed E-state index contributed by atoms with van der Waals surface area (Å²) in [6.07, 6.45) is 2.18. The third kappa shape index (κ3) is 3.88. The summed E-state index contributed by atoms with van der Waals surface area (Å²) in [5, 5.41) is 0. The molecule has 1 aliphatic rings. The van der Waals surface area contributed by atoms with Gasteiger partial charge >= 0.3 is 0 Å². The number of carbonyl (C=O) groups is 1. The number of hydrogen-bond donors (Lipinski definition) is 0. The SMILES string of the molecule is Cc1nsnc1COc1ccc(C(=O)N2CCC(C)CC2)cc1. The van der Waals surface area contributed by atoms with Crippen LogP contribution in [0.15, 0.2) is 24.3 Å². The molecular formula is C17H21N3O2S. The van der Waals surface area contributed by atoms with Crippen molar-refractivity contribution >= 4 is 17.6 Å². The number of rotatable bonds is 4. The molecule has 6 heteroatoms. The summed E-state index contributed by atoms with van der Waals surface area (Å²) < 4.78 is 14.0. The molecule has 0 N–H and O–H groups in total. The second-order valence-corrected chi connectivity index (χ2v) is 6.61. The first-order valence-corrected chi connectivity index (χ1v) is 8.66. The Labute approximate surface area is 140 Å². The lowest BCUT2D eigenvalue weighted by atomic mass is 9.98. The monoisotopic (exact) mass is 331 g/mol. The van der Waals surface area contributed by atoms with Crippen LogP contribution in [0.5, 0.6) is 5.75 Å². The first kappa shape index (κ1) is 15.9. The average Bonchev–Trinajstić information content (AvgIpc) is 2.99. The van der Waals surface area contributed by atoms with Crippen molar-refractivity contribution in [3.63, 3.8) is 0 Å². The van der Waals surface area contributed by atoms with Crippen LogP contribution in [-0.2, 0) is 6.61 Å². The second kappa shape index (κ2) is 7.08. The van der Waals surface area contributed by atoms with Crippen LogP contribution in [0.4, 0.5) is 0 Å². The van der Waals surface area contributed by atoms with Gasteiger partial charge in [0.15, 0.2) is 0 Å². The summed E-state index contributed by atoms with van der Waals surface area (Å²) in [4.78, 5) is 14.4. The normalized spacial score (nSPS) is 15.7. The highest BCUT2D eigenvalue weighted by atomic mass is 32.1. The van der Waals surface area contributed by atoms with E-state index in [9.17, 15) is 4.79 Å². The molecule has 1 aromatic heterocycles. The molecule has 0 aliphatic carbocycles. The van der Waals surface area contributed by atoms with Gasteiger partial charge in [-0.15, -0.1) is 0 Å². The molecule has 0 atom stereocenters. The molecule has 0 unspecified atom stereocenters. The first-order valence-electron chi connectivity index (χ1n) is 7.93. The molecule has 0 radical (unpaired) electrons. The smallest absolute Gasteiger partial charge is 0.253 e. The van der Waals surface area contributed by atoms with Gasteiger partial charge in [0.2, 0.25) is 0 Å². The molecule has 1 amide bonds. The largest absolute Gasteiger partial charge is 0.487 e. The Balaban J connectivity index is 1.58. The lowest BCUT2D eigenvalue weighted by Crippen LogP contribution is -2.37. The van der Waals surface area contributed by atoms with Crippen molar-refractivity contribution < 1.29 is 9.53 Å². The summed E-state index contributed by atoms with van der Waals surface area (Å²) in [5.74, 6) is 1.57. The lowest BCUT2D eigenvalue weighted by Gasteiger charge is -2.30. The Hall–Kier alpha value is -1.95. The molecule has 1 aliphatic heterocycles. The van der Waals surface area contributed by atoms with Crippen molar-refractivity contribution in [1.82, 2.24) is 13.6 Å². The molecule has 23 heavy (non-hydrogen) atoms. The molecule has 1 fully saturated rings. The minimum Gasteiger partial charge on any atom is -0.487 e. The summed E-state index contributed by atoms with van der Waals surface area (Å²) in [5.41, 5.74) is 2.48. The van der Waals surface area contributed by atoms with Crippen LogP contribution in [0.1, 0.15) is 41.5 Å². The molecular weight excluding hydrogens is 310 g/mol. The van der Waals surface area contributed by atoms with E-state index in [1.165, 1.54) is 11.7 Å². The molecule has 122 valence electrons. The minimum atomic E-state index is 0.114. The molecule has 1 saturated heterocycles. The summed E-state index contributed by atoms with van der Waals surface area (Å²) in [6, 6.07) is 7.35. The highest BCUT2D eigenvalue weighted by molar-refractivity contribution is 6.99. The predicted molar refractivity (Wildman–Crippen MR) is 89.7 cm³/mol. The van der Waals surface area contributed by atoms with Crippen molar-refractivity contribution in [3.8, 4) is 5.75 Å². The van der Waals surface area contributed by atoms with Crippen LogP contribution >= 0.6 is 11.7 Å². The van der Waals surface area contributed by atoms with E-state index >= 15 is 0 Å². The van der Waals surface area contributed by atoms with Crippen LogP contribution in [0.2, 0.25) is 0 Å². The molecule has 5 nitrogen and oxygen atoms in total. The van der Waals surface area contributed by atoms with Gasteiger partial charge < -0.3 is 9.64 Å². The van der Waals surface area contributed by atoms with Crippen LogP contribution in [0.3, 0.4) is 0 Å². The van der Waals surface area contributed by atoms with Gasteiger partial charge in [-0.05, 0) is 49.9 Å². The summed E-state index contributed by atoms with van der Waals surface area (Å²) in [7, 11) is 0. The quantitative estimate of drug-likeness (QED) is 0.862. The number of benzene rings is 1. The number of carbonyl (C=O) groups excluding carboxylic acids is 1. The van der Waals surface area contributed by atoms with E-state index in [4.69, 9.17) is 4.74 Å². The van der Waals surface area contributed by atoms with Crippen molar-refractivity contribution in [1.29, 1.82) is 0 Å². The summed E-state index contributed by atoms with van der Waals surface area (Å²) >= 11 is 1.19. The zero-order valence-corrected chi connectivity index (χ0v) is 14.3. The lowest BCUT2D eigenvalue weighted by molar-refractivity contribution is 0.0697. The Kier molecular flexibility index (Phi) is 4.91. The average molecular weight is 331 g/mol. The number of amides is 1. The Morgan fingerprint density at radius 3 is 2.57 bits per heavy atom. The number of likely N-dealkylation sites (tertiary alicyclic amines) is 1. The second-order valence-electron chi connectivity index (χ2n) is 6.08. The predicted octanol–water partition coefficient (Wildman–Crippen LogP) is 3.30. The highest BCUT2D eigenvalue weighted by Gasteiger charge is 2.21. The maximum Gasteiger partial charge on any atom is 0.253 e. The standard InChI is InChI=1S/C17H21N3O2S/c1-12-7-9-20(10-8-12)17(21)14-3-5-15(6-4-14)22-11-16-13(2)18-23-19-16/h3-6,12H,7-11H2,1-2H3. The topological polar surface area (TPSA) is 55.3 Å². The first-order chi connectivity index (χ1) is 11.1. The number of ether oxygens (including phenoxy) is 1. The van der Waals surface area contributed by atoms with Gasteiger partial charge in [0.05, 0.1) is 17.4 Å². The van der Waals surface area contributed by atoms with E-state index in [1.807, 2.05) is 36.1 Å². The van der Waals surface area contributed by atoms with Gasteiger partial charge in [0, 0.05) is 18.7 Å². The Morgan fingerprint density at radius 1 is 1.26 bits per heavy atom. The Morgan fingerprint density at radius 2 is 1.96 bits per heavy atom. The van der Waals surface area contributed by atoms with Crippen molar-refractivity contribution in [2.45, 2.75) is 33.3 Å². The van der Waals surface area contributed by atoms with Gasteiger partial charge in [-0.25, -0.2) is 0 Å². The third-order valence-electron chi connectivity index (χ3n) is 4.29. The fourth-order valence-electron chi connectivity index (χ4n) is 2.62. The van der Waals surface area contributed by atoms with Crippen LogP contribution in [0.25, 0.3) is 0 Å². The highest BCUT2D eigenvalue weighted by Crippen LogP contribution is 2.20. The van der Waals surface area contributed by atoms with Gasteiger partial charge in [-0.3, -0.25) is 4.79 Å². The van der Waals surface area contributed by atoms with E-state index in [-0.39, 0.29) is 5.91 Å². The zero-order chi connectivity index (χ0) is 16.2. The molecule has 0 saturated carbocycles. The number of hydrogen-bond acceptors (Lipinski definition) is 5. The Bertz CT molecular complexity index is 661. The van der Waals surface area contributed by atoms with E-state index in [1.54, 1.807) is 0 Å². The maximum absolute atomic E-state index is 12.5. The molecule has 2 aromatic rings. The molecule has 0 spiro atoms. The van der Waals surface area contributed by atoms with Gasteiger partial charge in [-0.2, -0.15) is 8.75 Å². The van der Waals surface area contributed by atoms with E-state index in [2.05, 4.69) is 15.7 Å². The van der Waals surface area contributed by atoms with E-state index < -0.39 is 0 Å². The number of aryl methyl sites for hydroxylation is 1. The fourth-order valence-corrected chi connectivity index (χ4v) is 3.17. The van der Waals surface area contributed by atoms with Crippen LogP contribution in [-0.4, -0.2) is 32.6 Å². The number of piperidine rings is 1. The number of nitrogens with zero attached hydrogens (tertiary/aromatic N) is 3. The van der Waals surface area contributed by atoms with Crippen LogP contribution in [0, 0.1) is 12.8 Å². The third-order valence-corrected chi connectivity index (χ3v) is 4.95. The van der Waals surface area contributed by atoms with Crippen molar-refractivity contribution in [2.24, 2.45) is 5.92 Å². The molecule has 2 heterocycles. The zero-order valence-electron chi connectivity index (χ0n) is 13.5. The molecule has 3 rings (SSSR count). The van der Waals surface area contributed by atoms with E-state index in [0.717, 1.165) is 54.5 Å². The van der Waals surface area contributed by atoms with Gasteiger partial charge in [-0.1, -0.05) is 6.92 Å². The molecule has 0 bridgehead atoms. The van der Waals surface area contributed by atoms with E-state index in [0.29, 0.717) is 6.61 Å². The van der Waals surface area contributed by atoms with Gasteiger partial charge in [0.25, 0.3) is 5.91 Å².